The fourth-order valence-electron chi connectivity index (χ4n) is 1.90. The van der Waals surface area contributed by atoms with Crippen LogP contribution in [0.4, 0.5) is 0 Å². The molecule has 0 spiro atoms. The monoisotopic (exact) mass is 325 g/mol. The molecule has 7 heteroatoms. The van der Waals surface area contributed by atoms with Gasteiger partial charge in [0.15, 0.2) is 0 Å². The molecular formula is C15H23N3O3S. The van der Waals surface area contributed by atoms with E-state index in [1.807, 2.05) is 0 Å². The first-order valence-corrected chi connectivity index (χ1v) is 8.77. The molecule has 2 rings (SSSR count). The normalized spacial score (nSPS) is 15.6. The molecule has 22 heavy (non-hydrogen) atoms. The Morgan fingerprint density at radius 2 is 2.00 bits per heavy atom. The number of rotatable bonds is 6. The van der Waals surface area contributed by atoms with Crippen molar-refractivity contribution in [1.82, 2.24) is 10.0 Å². The molecule has 6 nitrogen and oxygen atoms in total. The lowest BCUT2D eigenvalue weighted by Gasteiger charge is -2.19. The van der Waals surface area contributed by atoms with Crippen LogP contribution in [-0.4, -0.2) is 32.5 Å². The Labute approximate surface area is 131 Å². The van der Waals surface area contributed by atoms with Gasteiger partial charge >= 0.3 is 0 Å². The van der Waals surface area contributed by atoms with Gasteiger partial charge in [0.25, 0.3) is 5.91 Å². The van der Waals surface area contributed by atoms with Crippen molar-refractivity contribution < 1.29 is 13.2 Å². The van der Waals surface area contributed by atoms with E-state index in [1.165, 1.54) is 12.1 Å². The molecule has 0 aliphatic heterocycles. The van der Waals surface area contributed by atoms with Crippen molar-refractivity contribution in [3.05, 3.63) is 29.3 Å². The molecule has 1 aliphatic rings. The lowest BCUT2D eigenvalue weighted by atomic mass is 10.1. The van der Waals surface area contributed by atoms with Crippen molar-refractivity contribution in [2.24, 2.45) is 5.73 Å². The number of benzene rings is 1. The number of amides is 1. The number of hydrogen-bond acceptors (Lipinski definition) is 4. The van der Waals surface area contributed by atoms with Gasteiger partial charge in [-0.3, -0.25) is 4.79 Å². The van der Waals surface area contributed by atoms with Gasteiger partial charge in [-0.2, -0.15) is 0 Å². The summed E-state index contributed by atoms with van der Waals surface area (Å²) >= 11 is 0. The van der Waals surface area contributed by atoms with E-state index in [9.17, 15) is 13.2 Å². The highest BCUT2D eigenvalue weighted by Gasteiger charge is 2.28. The predicted molar refractivity (Wildman–Crippen MR) is 85.1 cm³/mol. The summed E-state index contributed by atoms with van der Waals surface area (Å²) in [4.78, 5) is 12.4. The summed E-state index contributed by atoms with van der Waals surface area (Å²) < 4.78 is 27.1. The summed E-state index contributed by atoms with van der Waals surface area (Å²) in [6.45, 7) is 5.69. The van der Waals surface area contributed by atoms with Crippen molar-refractivity contribution >= 4 is 15.9 Å². The number of sulfonamides is 1. The highest BCUT2D eigenvalue weighted by Crippen LogP contribution is 2.23. The zero-order valence-corrected chi connectivity index (χ0v) is 14.0. The van der Waals surface area contributed by atoms with Crippen molar-refractivity contribution in [3.63, 3.8) is 0 Å². The summed E-state index contributed by atoms with van der Waals surface area (Å²) in [5.74, 6) is -0.320. The zero-order valence-electron chi connectivity index (χ0n) is 13.1. The summed E-state index contributed by atoms with van der Waals surface area (Å²) in [5, 5.41) is 2.73. The number of nitrogens with one attached hydrogen (secondary N) is 2. The number of nitrogens with two attached hydrogens (primary N) is 1. The summed E-state index contributed by atoms with van der Waals surface area (Å²) in [6.07, 6.45) is 1.73. The topological polar surface area (TPSA) is 101 Å². The molecule has 1 amide bonds. The van der Waals surface area contributed by atoms with Gasteiger partial charge in [-0.1, -0.05) is 6.07 Å². The van der Waals surface area contributed by atoms with Crippen LogP contribution in [0, 0.1) is 6.92 Å². The highest BCUT2D eigenvalue weighted by molar-refractivity contribution is 7.89. The quantitative estimate of drug-likeness (QED) is 0.723. The second-order valence-corrected chi connectivity index (χ2v) is 8.26. The molecule has 1 aromatic carbocycles. The molecule has 0 saturated heterocycles. The second kappa shape index (κ2) is 5.98. The Balaban J connectivity index is 2.21. The van der Waals surface area contributed by atoms with Gasteiger partial charge in [-0.05, 0) is 51.3 Å². The van der Waals surface area contributed by atoms with Crippen LogP contribution < -0.4 is 15.8 Å². The van der Waals surface area contributed by atoms with Crippen LogP contribution in [0.3, 0.4) is 0 Å². The number of aryl methyl sites for hydroxylation is 1. The van der Waals surface area contributed by atoms with Gasteiger partial charge in [0.05, 0.1) is 4.90 Å². The Bertz CT molecular complexity index is 674. The van der Waals surface area contributed by atoms with Crippen LogP contribution >= 0.6 is 0 Å². The van der Waals surface area contributed by atoms with Crippen LogP contribution in [0.5, 0.6) is 0 Å². The Kier molecular flexibility index (Phi) is 4.60. The third-order valence-electron chi connectivity index (χ3n) is 3.37. The first kappa shape index (κ1) is 16.9. The van der Waals surface area contributed by atoms with Crippen molar-refractivity contribution in [2.75, 3.05) is 6.54 Å². The van der Waals surface area contributed by atoms with E-state index in [4.69, 9.17) is 5.73 Å². The van der Waals surface area contributed by atoms with Crippen molar-refractivity contribution in [1.29, 1.82) is 0 Å². The summed E-state index contributed by atoms with van der Waals surface area (Å²) in [5.41, 5.74) is 6.38. The van der Waals surface area contributed by atoms with Crippen LogP contribution in [0.15, 0.2) is 23.1 Å². The summed E-state index contributed by atoms with van der Waals surface area (Å²) in [7, 11) is -3.57. The molecule has 4 N–H and O–H groups in total. The Hall–Kier alpha value is -1.44. The van der Waals surface area contributed by atoms with E-state index < -0.39 is 15.6 Å². The average molecular weight is 325 g/mol. The summed E-state index contributed by atoms with van der Waals surface area (Å²) in [6, 6.07) is 4.61. The molecule has 0 aromatic heterocycles. The van der Waals surface area contributed by atoms with E-state index in [2.05, 4.69) is 10.0 Å². The minimum Gasteiger partial charge on any atom is -0.350 e. The third kappa shape index (κ3) is 4.53. The number of carbonyl (C=O) groups excluding carboxylic acids is 1. The van der Waals surface area contributed by atoms with E-state index >= 15 is 0 Å². The number of hydrogen-bond donors (Lipinski definition) is 3. The van der Waals surface area contributed by atoms with E-state index in [-0.39, 0.29) is 16.8 Å². The van der Waals surface area contributed by atoms with Crippen molar-refractivity contribution in [2.45, 2.75) is 50.1 Å². The first-order chi connectivity index (χ1) is 10.1. The van der Waals surface area contributed by atoms with Gasteiger partial charge in [-0.15, -0.1) is 0 Å². The molecule has 122 valence electrons. The van der Waals surface area contributed by atoms with Gasteiger partial charge < -0.3 is 11.1 Å². The zero-order chi connectivity index (χ0) is 16.5. The lowest BCUT2D eigenvalue weighted by molar-refractivity contribution is 0.0945. The van der Waals surface area contributed by atoms with E-state index in [0.717, 1.165) is 18.4 Å². The largest absolute Gasteiger partial charge is 0.350 e. The van der Waals surface area contributed by atoms with E-state index in [0.29, 0.717) is 12.1 Å². The molecule has 0 radical (unpaired) electrons. The minimum absolute atomic E-state index is 0.0293. The van der Waals surface area contributed by atoms with Crippen LogP contribution in [0.1, 0.15) is 42.6 Å². The molecule has 1 fully saturated rings. The van der Waals surface area contributed by atoms with Crippen LogP contribution in [-0.2, 0) is 10.0 Å². The molecular weight excluding hydrogens is 302 g/mol. The Morgan fingerprint density at radius 1 is 1.36 bits per heavy atom. The second-order valence-electron chi connectivity index (χ2n) is 6.54. The first-order valence-electron chi connectivity index (χ1n) is 7.28. The smallest absolute Gasteiger partial charge is 0.251 e. The Morgan fingerprint density at radius 3 is 2.55 bits per heavy atom. The predicted octanol–water partition coefficient (Wildman–Crippen LogP) is 0.903. The molecule has 0 unspecified atom stereocenters. The maximum absolute atomic E-state index is 12.2. The maximum Gasteiger partial charge on any atom is 0.251 e. The molecule has 1 aromatic rings. The fourth-order valence-corrected chi connectivity index (χ4v) is 3.24. The van der Waals surface area contributed by atoms with Gasteiger partial charge in [0.2, 0.25) is 10.0 Å². The fraction of sp³-hybridized carbons (Fsp3) is 0.533. The molecule has 1 saturated carbocycles. The molecule has 0 bridgehead atoms. The van der Waals surface area contributed by atoms with Crippen LogP contribution in [0.2, 0.25) is 0 Å². The molecule has 0 atom stereocenters. The van der Waals surface area contributed by atoms with Gasteiger partial charge in [0, 0.05) is 23.7 Å². The van der Waals surface area contributed by atoms with Gasteiger partial charge in [0.1, 0.15) is 0 Å². The third-order valence-corrected chi connectivity index (χ3v) is 4.89. The minimum atomic E-state index is -3.57. The maximum atomic E-state index is 12.2. The highest BCUT2D eigenvalue weighted by atomic mass is 32.2. The number of carbonyl (C=O) groups is 1. The van der Waals surface area contributed by atoms with E-state index in [1.54, 1.807) is 26.8 Å². The lowest BCUT2D eigenvalue weighted by Crippen LogP contribution is -2.45. The van der Waals surface area contributed by atoms with Crippen LogP contribution in [0.25, 0.3) is 0 Å². The van der Waals surface area contributed by atoms with Gasteiger partial charge in [-0.25, -0.2) is 13.1 Å². The molecule has 1 aliphatic carbocycles. The molecule has 0 heterocycles. The SMILES string of the molecule is Cc1ccc(S(=O)(=O)NC2CC2)cc1C(=O)NCC(C)(C)N. The average Bonchev–Trinajstić information content (AvgIpc) is 3.18. The van der Waals surface area contributed by atoms with Crippen molar-refractivity contribution in [3.8, 4) is 0 Å². The standard InChI is InChI=1S/C15H23N3O3S/c1-10-4-7-12(22(20,21)18-11-5-6-11)8-13(10)14(19)17-9-15(2,3)16/h4,7-8,11,18H,5-6,9,16H2,1-3H3,(H,17,19).